The van der Waals surface area contributed by atoms with E-state index in [1.807, 2.05) is 0 Å². The number of benzene rings is 2. The molecule has 0 aliphatic heterocycles. The topological polar surface area (TPSA) is 102 Å². The number of methoxy groups -OCH3 is 4. The summed E-state index contributed by atoms with van der Waals surface area (Å²) in [6, 6.07) is 10.5. The van der Waals surface area contributed by atoms with Gasteiger partial charge in [-0.3, -0.25) is 0 Å². The van der Waals surface area contributed by atoms with Gasteiger partial charge in [-0.2, -0.15) is 0 Å². The highest BCUT2D eigenvalue weighted by atomic mass is 16.5. The van der Waals surface area contributed by atoms with Crippen molar-refractivity contribution in [2.24, 2.45) is 10.3 Å². The van der Waals surface area contributed by atoms with Gasteiger partial charge in [-0.15, -0.1) is 0 Å². The Morgan fingerprint density at radius 2 is 1.04 bits per heavy atom. The third-order valence-corrected chi connectivity index (χ3v) is 3.27. The van der Waals surface area contributed by atoms with Crippen molar-refractivity contribution >= 4 is 12.4 Å². The monoisotopic (exact) mass is 362 g/mol. The Bertz CT molecular complexity index is 683. The number of nitrogens with zero attached hydrogens (tertiary/aromatic N) is 2. The lowest BCUT2D eigenvalue weighted by molar-refractivity contribution is 0.321. The average molecular weight is 362 g/mol. The molecule has 0 aromatic heterocycles. The second-order valence-electron chi connectivity index (χ2n) is 4.70. The predicted octanol–water partition coefficient (Wildman–Crippen LogP) is 3.02. The normalized spacial score (nSPS) is 10.3. The van der Waals surface area contributed by atoms with Crippen LogP contribution in [-0.2, 0) is 0 Å². The quantitative estimate of drug-likeness (QED) is 0.465. The number of hydrogen-bond acceptors (Lipinski definition) is 8. The van der Waals surface area contributed by atoms with Gasteiger partial charge < -0.3 is 29.4 Å². The van der Waals surface area contributed by atoms with E-state index in [0.717, 1.165) is 0 Å². The predicted molar refractivity (Wildman–Crippen MR) is 97.9 cm³/mol. The lowest BCUT2D eigenvalue weighted by atomic mass is 10.2. The number of oxime groups is 2. The Morgan fingerprint density at radius 3 is 1.31 bits per heavy atom. The van der Waals surface area contributed by atoms with Crippen LogP contribution in [0.15, 0.2) is 46.7 Å². The van der Waals surface area contributed by atoms with Crippen LogP contribution in [0, 0.1) is 0 Å². The maximum atomic E-state index is 8.38. The fraction of sp³-hybridized carbons (Fsp3) is 0.222. The number of hydrogen-bond donors (Lipinski definition) is 2. The molecule has 8 nitrogen and oxygen atoms in total. The van der Waals surface area contributed by atoms with Crippen LogP contribution < -0.4 is 18.9 Å². The fourth-order valence-corrected chi connectivity index (χ4v) is 2.00. The molecule has 8 heteroatoms. The summed E-state index contributed by atoms with van der Waals surface area (Å²) in [5.74, 6) is 2.66. The van der Waals surface area contributed by atoms with Crippen LogP contribution >= 0.6 is 0 Å². The summed E-state index contributed by atoms with van der Waals surface area (Å²) >= 11 is 0. The minimum absolute atomic E-state index is 0.638. The van der Waals surface area contributed by atoms with Gasteiger partial charge in [0, 0.05) is 11.1 Å². The van der Waals surface area contributed by atoms with E-state index in [4.69, 9.17) is 29.4 Å². The first kappa shape index (κ1) is 20.6. The minimum atomic E-state index is 0.638. The van der Waals surface area contributed by atoms with Gasteiger partial charge >= 0.3 is 0 Å². The zero-order valence-corrected chi connectivity index (χ0v) is 15.0. The highest BCUT2D eigenvalue weighted by molar-refractivity contribution is 5.84. The molecule has 0 bridgehead atoms. The minimum Gasteiger partial charge on any atom is -0.497 e. The summed E-state index contributed by atoms with van der Waals surface area (Å²) in [6.45, 7) is 0. The van der Waals surface area contributed by atoms with Crippen LogP contribution in [0.1, 0.15) is 11.1 Å². The average Bonchev–Trinajstić information content (AvgIpc) is 2.68. The van der Waals surface area contributed by atoms with Gasteiger partial charge in [0.05, 0.1) is 40.9 Å². The zero-order valence-electron chi connectivity index (χ0n) is 15.0. The second-order valence-corrected chi connectivity index (χ2v) is 4.70. The van der Waals surface area contributed by atoms with Crippen LogP contribution in [-0.4, -0.2) is 51.3 Å². The molecule has 26 heavy (non-hydrogen) atoms. The van der Waals surface area contributed by atoms with E-state index in [9.17, 15) is 0 Å². The number of rotatable bonds is 6. The molecule has 0 aliphatic rings. The van der Waals surface area contributed by atoms with Crippen molar-refractivity contribution in [2.75, 3.05) is 28.4 Å². The van der Waals surface area contributed by atoms with Crippen LogP contribution in [0.25, 0.3) is 0 Å². The molecular weight excluding hydrogens is 340 g/mol. The first-order valence-electron chi connectivity index (χ1n) is 7.42. The molecule has 2 aromatic carbocycles. The Hall–Kier alpha value is -3.42. The van der Waals surface area contributed by atoms with Gasteiger partial charge in [0.1, 0.15) is 23.0 Å². The standard InChI is InChI=1S/2C9H11NO3/c2*1-12-8-3-4-9(13-2)7(5-8)6-10-11/h2*3-6,11H,1-2H3/b2*10-6+. The summed E-state index contributed by atoms with van der Waals surface area (Å²) in [5, 5.41) is 22.6. The zero-order chi connectivity index (χ0) is 19.4. The Labute approximate surface area is 151 Å². The molecule has 0 heterocycles. The largest absolute Gasteiger partial charge is 0.497 e. The lowest BCUT2D eigenvalue weighted by Gasteiger charge is -2.05. The van der Waals surface area contributed by atoms with E-state index >= 15 is 0 Å². The highest BCUT2D eigenvalue weighted by Crippen LogP contribution is 2.22. The van der Waals surface area contributed by atoms with Crippen molar-refractivity contribution < 1.29 is 29.4 Å². The molecule has 0 radical (unpaired) electrons. The third kappa shape index (κ3) is 5.90. The fourth-order valence-electron chi connectivity index (χ4n) is 2.00. The smallest absolute Gasteiger partial charge is 0.128 e. The SMILES string of the molecule is COc1ccc(OC)c(/C=N/O)c1.COc1ccc(OC)c(/C=N/O)c1. The molecule has 2 aromatic rings. The van der Waals surface area contributed by atoms with E-state index in [1.54, 1.807) is 64.8 Å². The molecule has 0 amide bonds. The van der Waals surface area contributed by atoms with Crippen LogP contribution in [0.2, 0.25) is 0 Å². The van der Waals surface area contributed by atoms with Crippen LogP contribution in [0.5, 0.6) is 23.0 Å². The van der Waals surface area contributed by atoms with Gasteiger partial charge in [0.25, 0.3) is 0 Å². The molecule has 0 atom stereocenters. The van der Waals surface area contributed by atoms with Gasteiger partial charge in [0.2, 0.25) is 0 Å². The van der Waals surface area contributed by atoms with Crippen molar-refractivity contribution in [3.63, 3.8) is 0 Å². The Morgan fingerprint density at radius 1 is 0.654 bits per heavy atom. The third-order valence-electron chi connectivity index (χ3n) is 3.27. The van der Waals surface area contributed by atoms with Gasteiger partial charge in [-0.25, -0.2) is 0 Å². The first-order chi connectivity index (χ1) is 12.6. The van der Waals surface area contributed by atoms with Gasteiger partial charge in [-0.05, 0) is 36.4 Å². The van der Waals surface area contributed by atoms with E-state index in [1.165, 1.54) is 12.4 Å². The van der Waals surface area contributed by atoms with E-state index < -0.39 is 0 Å². The van der Waals surface area contributed by atoms with E-state index in [0.29, 0.717) is 34.1 Å². The summed E-state index contributed by atoms with van der Waals surface area (Å²) < 4.78 is 20.1. The van der Waals surface area contributed by atoms with E-state index in [-0.39, 0.29) is 0 Å². The van der Waals surface area contributed by atoms with Crippen molar-refractivity contribution in [1.82, 2.24) is 0 Å². The molecule has 2 rings (SSSR count). The molecule has 0 spiro atoms. The van der Waals surface area contributed by atoms with E-state index in [2.05, 4.69) is 10.3 Å². The Kier molecular flexibility index (Phi) is 8.88. The second kappa shape index (κ2) is 11.2. The van der Waals surface area contributed by atoms with Crippen molar-refractivity contribution in [3.05, 3.63) is 47.5 Å². The molecule has 0 unspecified atom stereocenters. The maximum absolute atomic E-state index is 8.38. The maximum Gasteiger partial charge on any atom is 0.128 e. The van der Waals surface area contributed by atoms with Crippen molar-refractivity contribution in [1.29, 1.82) is 0 Å². The molecule has 140 valence electrons. The van der Waals surface area contributed by atoms with Crippen LogP contribution in [0.4, 0.5) is 0 Å². The lowest BCUT2D eigenvalue weighted by Crippen LogP contribution is -1.92. The summed E-state index contributed by atoms with van der Waals surface area (Å²) in [7, 11) is 6.25. The molecule has 0 saturated carbocycles. The molecule has 0 fully saturated rings. The van der Waals surface area contributed by atoms with Gasteiger partial charge in [0.15, 0.2) is 0 Å². The molecule has 0 saturated heterocycles. The molecular formula is C18H22N2O6. The van der Waals surface area contributed by atoms with Gasteiger partial charge in [-0.1, -0.05) is 10.3 Å². The molecule has 2 N–H and O–H groups in total. The Balaban J connectivity index is 0.000000260. The summed E-state index contributed by atoms with van der Waals surface area (Å²) in [4.78, 5) is 0. The first-order valence-corrected chi connectivity index (χ1v) is 7.42. The summed E-state index contributed by atoms with van der Waals surface area (Å²) in [6.07, 6.45) is 2.59. The summed E-state index contributed by atoms with van der Waals surface area (Å²) in [5.41, 5.74) is 1.34. The van der Waals surface area contributed by atoms with Crippen LogP contribution in [0.3, 0.4) is 0 Å². The van der Waals surface area contributed by atoms with Crippen molar-refractivity contribution in [2.45, 2.75) is 0 Å². The number of ether oxygens (including phenoxy) is 4. The van der Waals surface area contributed by atoms with Crippen molar-refractivity contribution in [3.8, 4) is 23.0 Å². The molecule has 0 aliphatic carbocycles. The highest BCUT2D eigenvalue weighted by Gasteiger charge is 2.02.